The molecule has 172 valence electrons. The zero-order valence-corrected chi connectivity index (χ0v) is 19.7. The second-order valence-electron chi connectivity index (χ2n) is 8.44. The van der Waals surface area contributed by atoms with Crippen molar-refractivity contribution in [2.45, 2.75) is 33.6 Å². The number of rotatable bonds is 7. The molecule has 1 atom stereocenters. The molecule has 7 nitrogen and oxygen atoms in total. The fourth-order valence-electron chi connectivity index (χ4n) is 3.63. The first-order valence-electron chi connectivity index (χ1n) is 10.8. The molecule has 0 saturated carbocycles. The molecule has 2 aromatic rings. The Kier molecular flexibility index (Phi) is 7.96. The van der Waals surface area contributed by atoms with E-state index < -0.39 is 0 Å². The second kappa shape index (κ2) is 10.7. The number of likely N-dealkylation sites (tertiary alicyclic amines) is 1. The maximum absolute atomic E-state index is 13.2. The monoisotopic (exact) mass is 459 g/mol. The number of nitrogens with zero attached hydrogens (tertiary/aromatic N) is 2. The lowest BCUT2D eigenvalue weighted by atomic mass is 9.96. The standard InChI is InChI=1S/C24H30ClN3O4/c1-15(2)14-32-22-19(25)11-18(12-20(22)31-4)24(30)28-10-6-8-17(13-28)23(29)27-21-9-5-7-16(3)26-21/h5,7,9,11-12,15,17H,6,8,10,13-14H2,1-4H3,(H,26,27,29). The number of benzene rings is 1. The van der Waals surface area contributed by atoms with Gasteiger partial charge in [-0.05, 0) is 49.9 Å². The van der Waals surface area contributed by atoms with Gasteiger partial charge in [-0.25, -0.2) is 4.98 Å². The highest BCUT2D eigenvalue weighted by Crippen LogP contribution is 2.37. The first kappa shape index (κ1) is 23.9. The zero-order chi connectivity index (χ0) is 23.3. The van der Waals surface area contributed by atoms with Crippen LogP contribution in [0.5, 0.6) is 11.5 Å². The molecule has 2 heterocycles. The third-order valence-electron chi connectivity index (χ3n) is 5.26. The molecule has 0 aliphatic carbocycles. The van der Waals surface area contributed by atoms with Gasteiger partial charge in [0.1, 0.15) is 5.82 Å². The Morgan fingerprint density at radius 3 is 2.78 bits per heavy atom. The van der Waals surface area contributed by atoms with Crippen LogP contribution < -0.4 is 14.8 Å². The van der Waals surface area contributed by atoms with Crippen LogP contribution in [0.15, 0.2) is 30.3 Å². The van der Waals surface area contributed by atoms with Gasteiger partial charge in [0.25, 0.3) is 5.91 Å². The molecule has 3 rings (SSSR count). The maximum atomic E-state index is 13.2. The minimum absolute atomic E-state index is 0.131. The summed E-state index contributed by atoms with van der Waals surface area (Å²) in [6.07, 6.45) is 1.46. The largest absolute Gasteiger partial charge is 0.493 e. The molecular formula is C24H30ClN3O4. The van der Waals surface area contributed by atoms with E-state index >= 15 is 0 Å². The summed E-state index contributed by atoms with van der Waals surface area (Å²) in [6, 6.07) is 8.72. The third kappa shape index (κ3) is 5.91. The molecule has 0 radical (unpaired) electrons. The summed E-state index contributed by atoms with van der Waals surface area (Å²) in [5.74, 6) is 1.07. The Labute approximate surface area is 194 Å². The normalized spacial score (nSPS) is 16.1. The molecule has 1 saturated heterocycles. The van der Waals surface area contributed by atoms with Gasteiger partial charge in [-0.1, -0.05) is 31.5 Å². The molecule has 8 heteroatoms. The lowest BCUT2D eigenvalue weighted by Crippen LogP contribution is -2.43. The van der Waals surface area contributed by atoms with Crippen molar-refractivity contribution < 1.29 is 19.1 Å². The van der Waals surface area contributed by atoms with Crippen molar-refractivity contribution in [2.75, 3.05) is 32.1 Å². The lowest BCUT2D eigenvalue weighted by Gasteiger charge is -2.32. The van der Waals surface area contributed by atoms with Gasteiger partial charge in [-0.2, -0.15) is 0 Å². The minimum atomic E-state index is -0.305. The van der Waals surface area contributed by atoms with Crippen LogP contribution in [-0.2, 0) is 4.79 Å². The Morgan fingerprint density at radius 1 is 1.31 bits per heavy atom. The van der Waals surface area contributed by atoms with E-state index in [1.807, 2.05) is 32.9 Å². The number of pyridine rings is 1. The summed E-state index contributed by atoms with van der Waals surface area (Å²) in [6.45, 7) is 7.35. The number of carbonyl (C=O) groups excluding carboxylic acids is 2. The van der Waals surface area contributed by atoms with E-state index in [-0.39, 0.29) is 17.7 Å². The van der Waals surface area contributed by atoms with E-state index in [0.29, 0.717) is 59.9 Å². The van der Waals surface area contributed by atoms with E-state index in [0.717, 1.165) is 12.1 Å². The second-order valence-corrected chi connectivity index (χ2v) is 8.85. The van der Waals surface area contributed by atoms with E-state index in [1.54, 1.807) is 23.1 Å². The van der Waals surface area contributed by atoms with E-state index in [2.05, 4.69) is 10.3 Å². The predicted molar refractivity (Wildman–Crippen MR) is 125 cm³/mol. The molecule has 1 unspecified atom stereocenters. The summed E-state index contributed by atoms with van der Waals surface area (Å²) in [4.78, 5) is 32.0. The average Bonchev–Trinajstić information content (AvgIpc) is 2.77. The van der Waals surface area contributed by atoms with Gasteiger partial charge in [0, 0.05) is 24.3 Å². The number of carbonyl (C=O) groups is 2. The smallest absolute Gasteiger partial charge is 0.254 e. The van der Waals surface area contributed by atoms with Crippen LogP contribution in [0.2, 0.25) is 5.02 Å². The number of halogens is 1. The van der Waals surface area contributed by atoms with Crippen LogP contribution in [0.3, 0.4) is 0 Å². The van der Waals surface area contributed by atoms with Crippen LogP contribution in [0.1, 0.15) is 42.7 Å². The third-order valence-corrected chi connectivity index (χ3v) is 5.54. The summed E-state index contributed by atoms with van der Waals surface area (Å²) in [7, 11) is 1.52. The van der Waals surface area contributed by atoms with E-state index in [4.69, 9.17) is 21.1 Å². The molecule has 2 amide bonds. The number of anilines is 1. The molecule has 32 heavy (non-hydrogen) atoms. The highest BCUT2D eigenvalue weighted by atomic mass is 35.5. The van der Waals surface area contributed by atoms with Gasteiger partial charge in [0.15, 0.2) is 11.5 Å². The van der Waals surface area contributed by atoms with Gasteiger partial charge in [0.2, 0.25) is 5.91 Å². The van der Waals surface area contributed by atoms with E-state index in [1.165, 1.54) is 7.11 Å². The zero-order valence-electron chi connectivity index (χ0n) is 19.0. The summed E-state index contributed by atoms with van der Waals surface area (Å²) >= 11 is 6.42. The molecule has 1 fully saturated rings. The first-order valence-corrected chi connectivity index (χ1v) is 11.2. The van der Waals surface area contributed by atoms with Crippen molar-refractivity contribution in [3.05, 3.63) is 46.6 Å². The molecule has 1 aromatic heterocycles. The van der Waals surface area contributed by atoms with Crippen LogP contribution in [0, 0.1) is 18.8 Å². The lowest BCUT2D eigenvalue weighted by molar-refractivity contribution is -0.121. The number of nitrogens with one attached hydrogen (secondary N) is 1. The Balaban J connectivity index is 1.71. The first-order chi connectivity index (χ1) is 15.3. The van der Waals surface area contributed by atoms with Gasteiger partial charge < -0.3 is 19.7 Å². The number of hydrogen-bond acceptors (Lipinski definition) is 5. The molecule has 1 N–H and O–H groups in total. The highest BCUT2D eigenvalue weighted by molar-refractivity contribution is 6.32. The van der Waals surface area contributed by atoms with Gasteiger partial charge in [0.05, 0.1) is 24.7 Å². The molecular weight excluding hydrogens is 430 g/mol. The number of amides is 2. The molecule has 1 aromatic carbocycles. The van der Waals surface area contributed by atoms with Crippen molar-refractivity contribution in [3.63, 3.8) is 0 Å². The fraction of sp³-hybridized carbons (Fsp3) is 0.458. The maximum Gasteiger partial charge on any atom is 0.254 e. The van der Waals surface area contributed by atoms with Crippen LogP contribution in [0.4, 0.5) is 5.82 Å². The van der Waals surface area contributed by atoms with Gasteiger partial charge in [-0.15, -0.1) is 0 Å². The molecule has 1 aliphatic rings. The number of ether oxygens (including phenoxy) is 2. The fourth-order valence-corrected chi connectivity index (χ4v) is 3.90. The number of aryl methyl sites for hydroxylation is 1. The van der Waals surface area contributed by atoms with Crippen molar-refractivity contribution in [3.8, 4) is 11.5 Å². The predicted octanol–water partition coefficient (Wildman–Crippen LogP) is 4.58. The van der Waals surface area contributed by atoms with Crippen LogP contribution in [0.25, 0.3) is 0 Å². The van der Waals surface area contributed by atoms with Gasteiger partial charge >= 0.3 is 0 Å². The molecule has 0 spiro atoms. The number of aromatic nitrogens is 1. The Bertz CT molecular complexity index is 980. The Morgan fingerprint density at radius 2 is 2.09 bits per heavy atom. The highest BCUT2D eigenvalue weighted by Gasteiger charge is 2.30. The Hall–Kier alpha value is -2.80. The quantitative estimate of drug-likeness (QED) is 0.655. The molecule has 0 bridgehead atoms. The van der Waals surface area contributed by atoms with Crippen LogP contribution in [-0.4, -0.2) is 48.5 Å². The molecule has 1 aliphatic heterocycles. The van der Waals surface area contributed by atoms with Crippen molar-refractivity contribution in [1.82, 2.24) is 9.88 Å². The summed E-state index contributed by atoms with van der Waals surface area (Å²) < 4.78 is 11.2. The summed E-state index contributed by atoms with van der Waals surface area (Å²) in [5.41, 5.74) is 1.24. The van der Waals surface area contributed by atoms with Crippen LogP contribution >= 0.6 is 11.6 Å². The van der Waals surface area contributed by atoms with Gasteiger partial charge in [-0.3, -0.25) is 9.59 Å². The SMILES string of the molecule is COc1cc(C(=O)N2CCCC(C(=O)Nc3cccc(C)n3)C2)cc(Cl)c1OCC(C)C. The average molecular weight is 460 g/mol. The summed E-state index contributed by atoms with van der Waals surface area (Å²) in [5, 5.41) is 3.19. The number of methoxy groups -OCH3 is 1. The van der Waals surface area contributed by atoms with Crippen molar-refractivity contribution >= 4 is 29.2 Å². The number of hydrogen-bond donors (Lipinski definition) is 1. The topological polar surface area (TPSA) is 80.8 Å². The minimum Gasteiger partial charge on any atom is -0.493 e. The van der Waals surface area contributed by atoms with Crippen molar-refractivity contribution in [2.24, 2.45) is 11.8 Å². The van der Waals surface area contributed by atoms with E-state index in [9.17, 15) is 9.59 Å². The number of piperidine rings is 1. The van der Waals surface area contributed by atoms with Crippen molar-refractivity contribution in [1.29, 1.82) is 0 Å².